The zero-order chi connectivity index (χ0) is 17.6. The summed E-state index contributed by atoms with van der Waals surface area (Å²) in [7, 11) is 1.86. The van der Waals surface area contributed by atoms with Gasteiger partial charge in [0.05, 0.1) is 5.41 Å². The van der Waals surface area contributed by atoms with Crippen LogP contribution in [0.4, 0.5) is 5.95 Å². The third-order valence-corrected chi connectivity index (χ3v) is 5.99. The first kappa shape index (κ1) is 16.3. The number of nitrogens with zero attached hydrogens (tertiary/aromatic N) is 4. The van der Waals surface area contributed by atoms with Crippen molar-refractivity contribution in [1.29, 1.82) is 0 Å². The minimum Gasteiger partial charge on any atom is -0.368 e. The van der Waals surface area contributed by atoms with E-state index in [1.807, 2.05) is 11.9 Å². The first-order valence-electron chi connectivity index (χ1n) is 9.20. The normalized spacial score (nSPS) is 26.2. The van der Waals surface area contributed by atoms with Gasteiger partial charge in [0, 0.05) is 37.9 Å². The van der Waals surface area contributed by atoms with Crippen LogP contribution in [0.3, 0.4) is 0 Å². The number of carbonyl (C=O) groups is 2. The Morgan fingerprint density at radius 2 is 1.92 bits per heavy atom. The minimum atomic E-state index is -0.401. The van der Waals surface area contributed by atoms with Crippen molar-refractivity contribution in [1.82, 2.24) is 19.8 Å². The van der Waals surface area contributed by atoms with E-state index in [2.05, 4.69) is 9.97 Å². The van der Waals surface area contributed by atoms with Crippen molar-refractivity contribution in [2.75, 3.05) is 32.4 Å². The molecule has 7 nitrogen and oxygen atoms in total. The molecule has 1 aromatic rings. The molecule has 1 aromatic heterocycles. The number of hydrogen-bond donors (Lipinski definition) is 1. The molecule has 1 aliphatic carbocycles. The van der Waals surface area contributed by atoms with E-state index in [1.54, 1.807) is 4.90 Å². The number of carbonyl (C=O) groups excluding carboxylic acids is 2. The third kappa shape index (κ3) is 2.65. The summed E-state index contributed by atoms with van der Waals surface area (Å²) >= 11 is 0. The number of aromatic nitrogens is 2. The molecule has 25 heavy (non-hydrogen) atoms. The van der Waals surface area contributed by atoms with Crippen LogP contribution < -0.4 is 5.73 Å². The van der Waals surface area contributed by atoms with E-state index in [4.69, 9.17) is 5.73 Å². The highest BCUT2D eigenvalue weighted by Gasteiger charge is 2.49. The highest BCUT2D eigenvalue weighted by Crippen LogP contribution is 2.40. The molecule has 3 aliphatic rings. The number of likely N-dealkylation sites (tertiary alicyclic amines) is 2. The van der Waals surface area contributed by atoms with E-state index < -0.39 is 5.41 Å². The van der Waals surface area contributed by atoms with Gasteiger partial charge in [-0.15, -0.1) is 0 Å². The topological polar surface area (TPSA) is 92.4 Å². The van der Waals surface area contributed by atoms with Crippen LogP contribution in [0.25, 0.3) is 0 Å². The van der Waals surface area contributed by atoms with Crippen LogP contribution in [0.15, 0.2) is 0 Å². The maximum Gasteiger partial charge on any atom is 0.272 e. The Morgan fingerprint density at radius 1 is 1.12 bits per heavy atom. The average molecular weight is 343 g/mol. The lowest BCUT2D eigenvalue weighted by molar-refractivity contribution is -0.143. The van der Waals surface area contributed by atoms with E-state index in [9.17, 15) is 9.59 Å². The van der Waals surface area contributed by atoms with Crippen molar-refractivity contribution >= 4 is 17.8 Å². The zero-order valence-electron chi connectivity index (χ0n) is 14.8. The number of piperidine rings is 1. The highest BCUT2D eigenvalue weighted by molar-refractivity contribution is 5.95. The van der Waals surface area contributed by atoms with Crippen molar-refractivity contribution in [3.8, 4) is 0 Å². The van der Waals surface area contributed by atoms with Crippen molar-refractivity contribution in [3.05, 3.63) is 17.0 Å². The molecule has 2 aliphatic heterocycles. The van der Waals surface area contributed by atoms with Gasteiger partial charge in [-0.1, -0.05) is 0 Å². The summed E-state index contributed by atoms with van der Waals surface area (Å²) in [6.45, 7) is 1.91. The summed E-state index contributed by atoms with van der Waals surface area (Å²) in [6.07, 6.45) is 6.42. The maximum atomic E-state index is 13.1. The molecule has 0 bridgehead atoms. The van der Waals surface area contributed by atoms with Crippen LogP contribution in [0.2, 0.25) is 0 Å². The molecular weight excluding hydrogens is 318 g/mol. The third-order valence-electron chi connectivity index (χ3n) is 5.99. The summed E-state index contributed by atoms with van der Waals surface area (Å²) < 4.78 is 0. The monoisotopic (exact) mass is 343 g/mol. The van der Waals surface area contributed by atoms with Gasteiger partial charge >= 0.3 is 0 Å². The van der Waals surface area contributed by atoms with E-state index in [-0.39, 0.29) is 17.8 Å². The second-order valence-electron chi connectivity index (χ2n) is 7.65. The summed E-state index contributed by atoms with van der Waals surface area (Å²) in [6, 6.07) is 0. The molecule has 0 unspecified atom stereocenters. The summed E-state index contributed by atoms with van der Waals surface area (Å²) in [4.78, 5) is 38.0. The number of nitrogens with two attached hydrogens (primary N) is 1. The molecule has 2 amide bonds. The Bertz CT molecular complexity index is 734. The average Bonchev–Trinajstić information content (AvgIpc) is 3.03. The van der Waals surface area contributed by atoms with E-state index in [0.717, 1.165) is 62.7 Å². The second kappa shape index (κ2) is 5.97. The van der Waals surface area contributed by atoms with Crippen molar-refractivity contribution < 1.29 is 9.59 Å². The van der Waals surface area contributed by atoms with Gasteiger partial charge in [0.2, 0.25) is 11.9 Å². The van der Waals surface area contributed by atoms with Gasteiger partial charge in [-0.2, -0.15) is 0 Å². The van der Waals surface area contributed by atoms with Gasteiger partial charge < -0.3 is 15.5 Å². The molecule has 134 valence electrons. The van der Waals surface area contributed by atoms with Gasteiger partial charge in [0.15, 0.2) is 0 Å². The predicted octanol–water partition coefficient (Wildman–Crippen LogP) is 1.02. The number of nitrogen functional groups attached to an aromatic ring is 1. The SMILES string of the molecule is CN1CCC[C@]2(CCN(C(=O)c3nc(N)nc4c3CCCC4)C2)C1=O. The molecule has 1 spiro atoms. The Morgan fingerprint density at radius 3 is 2.76 bits per heavy atom. The number of fused-ring (bicyclic) bond motifs is 1. The molecule has 0 aromatic carbocycles. The smallest absolute Gasteiger partial charge is 0.272 e. The Labute approximate surface area is 147 Å². The molecule has 2 fully saturated rings. The van der Waals surface area contributed by atoms with Crippen molar-refractivity contribution in [3.63, 3.8) is 0 Å². The number of rotatable bonds is 1. The molecule has 7 heteroatoms. The minimum absolute atomic E-state index is 0.0925. The van der Waals surface area contributed by atoms with E-state index in [0.29, 0.717) is 18.8 Å². The van der Waals surface area contributed by atoms with Crippen LogP contribution in [0.1, 0.15) is 53.8 Å². The summed E-state index contributed by atoms with van der Waals surface area (Å²) in [5.41, 5.74) is 7.77. The first-order valence-corrected chi connectivity index (χ1v) is 9.20. The Kier molecular flexibility index (Phi) is 3.89. The van der Waals surface area contributed by atoms with Crippen LogP contribution in [-0.4, -0.2) is 58.3 Å². The highest BCUT2D eigenvalue weighted by atomic mass is 16.2. The quantitative estimate of drug-likeness (QED) is 0.822. The lowest BCUT2D eigenvalue weighted by Crippen LogP contribution is -2.48. The zero-order valence-corrected chi connectivity index (χ0v) is 14.8. The number of hydrogen-bond acceptors (Lipinski definition) is 5. The number of anilines is 1. The summed E-state index contributed by atoms with van der Waals surface area (Å²) in [5, 5.41) is 0. The predicted molar refractivity (Wildman–Crippen MR) is 92.9 cm³/mol. The molecule has 0 saturated carbocycles. The van der Waals surface area contributed by atoms with E-state index in [1.165, 1.54) is 0 Å². The molecular formula is C18H25N5O2. The van der Waals surface area contributed by atoms with Gasteiger partial charge in [0.25, 0.3) is 5.91 Å². The fourth-order valence-corrected chi connectivity index (χ4v) is 4.63. The van der Waals surface area contributed by atoms with Gasteiger partial charge in [0.1, 0.15) is 5.69 Å². The molecule has 2 N–H and O–H groups in total. The fourth-order valence-electron chi connectivity index (χ4n) is 4.63. The molecule has 1 atom stereocenters. The van der Waals surface area contributed by atoms with Crippen LogP contribution in [0.5, 0.6) is 0 Å². The van der Waals surface area contributed by atoms with Crippen LogP contribution >= 0.6 is 0 Å². The van der Waals surface area contributed by atoms with Gasteiger partial charge in [-0.3, -0.25) is 9.59 Å². The van der Waals surface area contributed by atoms with Crippen LogP contribution in [-0.2, 0) is 17.6 Å². The number of aryl methyl sites for hydroxylation is 1. The Hall–Kier alpha value is -2.18. The lowest BCUT2D eigenvalue weighted by atomic mass is 9.78. The molecule has 3 heterocycles. The van der Waals surface area contributed by atoms with Crippen LogP contribution in [0, 0.1) is 5.41 Å². The number of amides is 2. The second-order valence-corrected chi connectivity index (χ2v) is 7.65. The van der Waals surface area contributed by atoms with Gasteiger partial charge in [-0.05, 0) is 44.9 Å². The van der Waals surface area contributed by atoms with Crippen molar-refractivity contribution in [2.24, 2.45) is 5.41 Å². The lowest BCUT2D eigenvalue weighted by Gasteiger charge is -2.37. The van der Waals surface area contributed by atoms with E-state index >= 15 is 0 Å². The molecule has 0 radical (unpaired) electrons. The maximum absolute atomic E-state index is 13.1. The van der Waals surface area contributed by atoms with Crippen molar-refractivity contribution in [2.45, 2.75) is 44.9 Å². The Balaban J connectivity index is 1.61. The largest absolute Gasteiger partial charge is 0.368 e. The molecule has 2 saturated heterocycles. The fraction of sp³-hybridized carbons (Fsp3) is 0.667. The van der Waals surface area contributed by atoms with Gasteiger partial charge in [-0.25, -0.2) is 9.97 Å². The summed E-state index contributed by atoms with van der Waals surface area (Å²) in [5.74, 6) is 0.259. The first-order chi connectivity index (χ1) is 12.0. The standard InChI is InChI=1S/C18H25N5O2/c1-22-9-4-7-18(16(22)25)8-10-23(11-18)15(24)14-12-5-2-3-6-13(12)20-17(19)21-14/h2-11H2,1H3,(H2,19,20,21)/t18-/m1/s1. The molecule has 4 rings (SSSR count).